The maximum Gasteiger partial charge on any atom is 0.195 e. The summed E-state index contributed by atoms with van der Waals surface area (Å²) >= 11 is 0. The first-order valence-corrected chi connectivity index (χ1v) is 5.65. The lowest BCUT2D eigenvalue weighted by atomic mass is 10.1. The maximum atomic E-state index is 4.28. The Labute approximate surface area is 104 Å². The van der Waals surface area contributed by atoms with Crippen molar-refractivity contribution in [3.8, 4) is 0 Å². The average molecular weight is 231 g/mol. The van der Waals surface area contributed by atoms with E-state index in [1.165, 1.54) is 11.1 Å². The Hall–Kier alpha value is -1.77. The quantitative estimate of drug-likeness (QED) is 0.587. The number of guanidine groups is 1. The normalized spacial score (nSPS) is 11.2. The van der Waals surface area contributed by atoms with E-state index in [0.717, 1.165) is 12.5 Å². The molecule has 0 saturated carbocycles. The van der Waals surface area contributed by atoms with Gasteiger partial charge in [-0.15, -0.1) is 0 Å². The van der Waals surface area contributed by atoms with Crippen LogP contribution in [-0.4, -0.2) is 44.0 Å². The Morgan fingerprint density at radius 3 is 2.47 bits per heavy atom. The van der Waals surface area contributed by atoms with Gasteiger partial charge in [-0.25, -0.2) is 0 Å². The Kier molecular flexibility index (Phi) is 4.76. The molecule has 17 heavy (non-hydrogen) atoms. The lowest BCUT2D eigenvalue weighted by molar-refractivity contribution is 0.418. The van der Waals surface area contributed by atoms with E-state index in [-0.39, 0.29) is 0 Å². The second-order valence-electron chi connectivity index (χ2n) is 4.18. The van der Waals surface area contributed by atoms with E-state index in [9.17, 15) is 0 Å². The molecule has 1 aromatic rings. The predicted molar refractivity (Wildman–Crippen MR) is 75.0 cm³/mol. The summed E-state index contributed by atoms with van der Waals surface area (Å²) in [5.41, 5.74) is 2.43. The summed E-state index contributed by atoms with van der Waals surface area (Å²) in [5.74, 6) is 0.962. The topological polar surface area (TPSA) is 18.8 Å². The monoisotopic (exact) mass is 231 g/mol. The van der Waals surface area contributed by atoms with Crippen molar-refractivity contribution < 1.29 is 0 Å². The SMILES string of the molecule is C=Cc1ccccc1CN(C)C(=NC)N(C)C. The molecule has 1 rings (SSSR count). The van der Waals surface area contributed by atoms with Crippen LogP contribution >= 0.6 is 0 Å². The summed E-state index contributed by atoms with van der Waals surface area (Å²) in [6, 6.07) is 8.28. The van der Waals surface area contributed by atoms with Gasteiger partial charge in [0.25, 0.3) is 0 Å². The lowest BCUT2D eigenvalue weighted by Crippen LogP contribution is -2.37. The van der Waals surface area contributed by atoms with Crippen LogP contribution in [0.25, 0.3) is 6.08 Å². The van der Waals surface area contributed by atoms with E-state index in [2.05, 4.69) is 34.7 Å². The summed E-state index contributed by atoms with van der Waals surface area (Å²) in [5, 5.41) is 0. The summed E-state index contributed by atoms with van der Waals surface area (Å²) in [4.78, 5) is 8.42. The molecule has 0 aliphatic rings. The van der Waals surface area contributed by atoms with Gasteiger partial charge in [0.2, 0.25) is 0 Å². The minimum Gasteiger partial charge on any atom is -0.349 e. The van der Waals surface area contributed by atoms with Gasteiger partial charge in [-0.1, -0.05) is 36.9 Å². The van der Waals surface area contributed by atoms with E-state index in [1.54, 1.807) is 0 Å². The zero-order valence-corrected chi connectivity index (χ0v) is 11.1. The van der Waals surface area contributed by atoms with E-state index in [4.69, 9.17) is 0 Å². The van der Waals surface area contributed by atoms with Crippen molar-refractivity contribution in [1.29, 1.82) is 0 Å². The third-order valence-corrected chi connectivity index (χ3v) is 2.62. The molecule has 0 amide bonds. The molecule has 3 heteroatoms. The van der Waals surface area contributed by atoms with Gasteiger partial charge in [0.1, 0.15) is 0 Å². The fraction of sp³-hybridized carbons (Fsp3) is 0.357. The highest BCUT2D eigenvalue weighted by Gasteiger charge is 2.09. The van der Waals surface area contributed by atoms with Crippen LogP contribution in [0.2, 0.25) is 0 Å². The molecule has 0 aliphatic carbocycles. The number of benzene rings is 1. The molecular weight excluding hydrogens is 210 g/mol. The van der Waals surface area contributed by atoms with Gasteiger partial charge in [-0.3, -0.25) is 4.99 Å². The molecule has 0 fully saturated rings. The average Bonchev–Trinajstić information content (AvgIpc) is 2.30. The van der Waals surface area contributed by atoms with Crippen LogP contribution in [0.1, 0.15) is 11.1 Å². The van der Waals surface area contributed by atoms with Gasteiger partial charge in [0.05, 0.1) is 0 Å². The van der Waals surface area contributed by atoms with Crippen molar-refractivity contribution in [3.63, 3.8) is 0 Å². The van der Waals surface area contributed by atoms with Crippen LogP contribution in [0.15, 0.2) is 35.8 Å². The van der Waals surface area contributed by atoms with Crippen LogP contribution in [-0.2, 0) is 6.54 Å². The zero-order valence-electron chi connectivity index (χ0n) is 11.1. The summed E-state index contributed by atoms with van der Waals surface area (Å²) in [7, 11) is 7.85. The first kappa shape index (κ1) is 13.3. The zero-order chi connectivity index (χ0) is 12.8. The van der Waals surface area contributed by atoms with Crippen molar-refractivity contribution in [1.82, 2.24) is 9.80 Å². The molecule has 0 atom stereocenters. The molecule has 0 radical (unpaired) electrons. The van der Waals surface area contributed by atoms with E-state index < -0.39 is 0 Å². The van der Waals surface area contributed by atoms with Crippen molar-refractivity contribution in [2.75, 3.05) is 28.2 Å². The fourth-order valence-electron chi connectivity index (χ4n) is 1.92. The molecule has 0 aliphatic heterocycles. The van der Waals surface area contributed by atoms with Crippen LogP contribution in [0.4, 0.5) is 0 Å². The Balaban J connectivity index is 2.87. The lowest BCUT2D eigenvalue weighted by Gasteiger charge is -2.26. The van der Waals surface area contributed by atoms with Gasteiger partial charge < -0.3 is 9.80 Å². The van der Waals surface area contributed by atoms with Gasteiger partial charge in [0.15, 0.2) is 5.96 Å². The maximum absolute atomic E-state index is 4.28. The van der Waals surface area contributed by atoms with Crippen LogP contribution in [0, 0.1) is 0 Å². The van der Waals surface area contributed by atoms with Crippen molar-refractivity contribution >= 4 is 12.0 Å². The smallest absolute Gasteiger partial charge is 0.195 e. The van der Waals surface area contributed by atoms with Crippen LogP contribution in [0.3, 0.4) is 0 Å². The van der Waals surface area contributed by atoms with Gasteiger partial charge in [-0.05, 0) is 11.1 Å². The number of hydrogen-bond acceptors (Lipinski definition) is 1. The third kappa shape index (κ3) is 3.34. The van der Waals surface area contributed by atoms with Gasteiger partial charge in [0, 0.05) is 34.7 Å². The van der Waals surface area contributed by atoms with Crippen molar-refractivity contribution in [2.45, 2.75) is 6.54 Å². The number of nitrogens with zero attached hydrogens (tertiary/aromatic N) is 3. The first-order chi connectivity index (χ1) is 8.10. The van der Waals surface area contributed by atoms with E-state index >= 15 is 0 Å². The molecule has 0 heterocycles. The Bertz CT molecular complexity index is 408. The number of hydrogen-bond donors (Lipinski definition) is 0. The minimum atomic E-state index is 0.826. The second-order valence-corrected chi connectivity index (χ2v) is 4.18. The number of aliphatic imine (C=N–C) groups is 1. The largest absolute Gasteiger partial charge is 0.349 e. The summed E-state index contributed by atoms with van der Waals surface area (Å²) in [6.07, 6.45) is 1.89. The van der Waals surface area contributed by atoms with Crippen molar-refractivity contribution in [2.24, 2.45) is 4.99 Å². The van der Waals surface area contributed by atoms with E-state index in [0.29, 0.717) is 0 Å². The molecule has 0 spiro atoms. The second kappa shape index (κ2) is 6.09. The minimum absolute atomic E-state index is 0.826. The Morgan fingerprint density at radius 2 is 1.94 bits per heavy atom. The van der Waals surface area contributed by atoms with Crippen LogP contribution < -0.4 is 0 Å². The molecule has 0 saturated heterocycles. The third-order valence-electron chi connectivity index (χ3n) is 2.62. The van der Waals surface area contributed by atoms with Crippen LogP contribution in [0.5, 0.6) is 0 Å². The van der Waals surface area contributed by atoms with Crippen molar-refractivity contribution in [3.05, 3.63) is 42.0 Å². The molecule has 0 aromatic heterocycles. The molecule has 0 bridgehead atoms. The molecule has 1 aromatic carbocycles. The van der Waals surface area contributed by atoms with Gasteiger partial charge >= 0.3 is 0 Å². The fourth-order valence-corrected chi connectivity index (χ4v) is 1.92. The first-order valence-electron chi connectivity index (χ1n) is 5.65. The molecule has 92 valence electrons. The molecular formula is C14H21N3. The highest BCUT2D eigenvalue weighted by molar-refractivity contribution is 5.79. The summed E-state index contributed by atoms with van der Waals surface area (Å²) < 4.78 is 0. The Morgan fingerprint density at radius 1 is 1.29 bits per heavy atom. The standard InChI is InChI=1S/C14H21N3/c1-6-12-9-7-8-10-13(12)11-17(5)14(15-2)16(3)4/h6-10H,1,11H2,2-5H3. The highest BCUT2D eigenvalue weighted by atomic mass is 15.3. The highest BCUT2D eigenvalue weighted by Crippen LogP contribution is 2.12. The summed E-state index contributed by atoms with van der Waals surface area (Å²) in [6.45, 7) is 4.67. The molecule has 3 nitrogen and oxygen atoms in total. The van der Waals surface area contributed by atoms with E-state index in [1.807, 2.05) is 45.2 Å². The number of rotatable bonds is 3. The predicted octanol–water partition coefficient (Wildman–Crippen LogP) is 2.31. The van der Waals surface area contributed by atoms with Gasteiger partial charge in [-0.2, -0.15) is 0 Å². The molecule has 0 N–H and O–H groups in total. The molecule has 0 unspecified atom stereocenters.